The summed E-state index contributed by atoms with van der Waals surface area (Å²) >= 11 is 10.0. The Morgan fingerprint density at radius 3 is 2.50 bits per heavy atom. The molecule has 3 aromatic rings. The SMILES string of the molecule is COc1ccc(C(=O)NC(=S)Nc2nc(-c3ccc(Br)cc3)cs2)cc1OC. The molecule has 0 bridgehead atoms. The summed E-state index contributed by atoms with van der Waals surface area (Å²) < 4.78 is 11.4. The number of methoxy groups -OCH3 is 2. The molecule has 0 saturated heterocycles. The number of carbonyl (C=O) groups excluding carboxylic acids is 1. The Bertz CT molecular complexity index is 1010. The molecular weight excluding hydrogens is 462 g/mol. The molecule has 0 unspecified atom stereocenters. The normalized spacial score (nSPS) is 10.2. The zero-order valence-corrected chi connectivity index (χ0v) is 18.2. The summed E-state index contributed by atoms with van der Waals surface area (Å²) in [5, 5.41) is 8.25. The molecule has 1 heterocycles. The van der Waals surface area contributed by atoms with Crippen molar-refractivity contribution in [2.24, 2.45) is 0 Å². The van der Waals surface area contributed by atoms with E-state index < -0.39 is 0 Å². The van der Waals surface area contributed by atoms with E-state index in [4.69, 9.17) is 21.7 Å². The lowest BCUT2D eigenvalue weighted by atomic mass is 10.2. The molecule has 0 aliphatic heterocycles. The van der Waals surface area contributed by atoms with Gasteiger partial charge in [0, 0.05) is 21.0 Å². The zero-order chi connectivity index (χ0) is 20.1. The number of aromatic nitrogens is 1. The fourth-order valence-corrected chi connectivity index (χ4v) is 3.61. The maximum atomic E-state index is 12.4. The highest BCUT2D eigenvalue weighted by Crippen LogP contribution is 2.28. The van der Waals surface area contributed by atoms with Gasteiger partial charge in [0.2, 0.25) is 0 Å². The van der Waals surface area contributed by atoms with Gasteiger partial charge in [0.25, 0.3) is 5.91 Å². The van der Waals surface area contributed by atoms with Gasteiger partial charge in [-0.1, -0.05) is 28.1 Å². The van der Waals surface area contributed by atoms with Crippen LogP contribution >= 0.6 is 39.5 Å². The summed E-state index contributed by atoms with van der Waals surface area (Å²) in [6.07, 6.45) is 0. The Kier molecular flexibility index (Phi) is 6.61. The molecule has 2 aromatic carbocycles. The van der Waals surface area contributed by atoms with Gasteiger partial charge in [0.15, 0.2) is 21.7 Å². The molecule has 0 spiro atoms. The van der Waals surface area contributed by atoms with E-state index in [0.717, 1.165) is 15.7 Å². The van der Waals surface area contributed by atoms with Crippen LogP contribution in [0.25, 0.3) is 11.3 Å². The number of halogens is 1. The molecule has 1 amide bonds. The largest absolute Gasteiger partial charge is 0.493 e. The minimum Gasteiger partial charge on any atom is -0.493 e. The van der Waals surface area contributed by atoms with Crippen LogP contribution in [0.5, 0.6) is 11.5 Å². The summed E-state index contributed by atoms with van der Waals surface area (Å²) in [5.74, 6) is 0.652. The summed E-state index contributed by atoms with van der Waals surface area (Å²) in [7, 11) is 3.05. The molecule has 144 valence electrons. The number of hydrogen-bond acceptors (Lipinski definition) is 6. The first-order valence-electron chi connectivity index (χ1n) is 8.06. The van der Waals surface area contributed by atoms with E-state index in [9.17, 15) is 4.79 Å². The lowest BCUT2D eigenvalue weighted by Crippen LogP contribution is -2.34. The number of thiazole rings is 1. The molecule has 28 heavy (non-hydrogen) atoms. The number of rotatable bonds is 5. The van der Waals surface area contributed by atoms with Gasteiger partial charge in [-0.3, -0.25) is 10.1 Å². The molecule has 0 radical (unpaired) electrons. The van der Waals surface area contributed by atoms with Gasteiger partial charge < -0.3 is 14.8 Å². The second-order valence-electron chi connectivity index (χ2n) is 5.52. The first kappa shape index (κ1) is 20.2. The Labute approximate surface area is 180 Å². The van der Waals surface area contributed by atoms with Gasteiger partial charge in [0.1, 0.15) is 0 Å². The van der Waals surface area contributed by atoms with E-state index in [1.807, 2.05) is 29.6 Å². The van der Waals surface area contributed by atoms with Crippen LogP contribution in [0.15, 0.2) is 52.3 Å². The van der Waals surface area contributed by atoms with Crippen molar-refractivity contribution in [1.82, 2.24) is 10.3 Å². The average molecular weight is 478 g/mol. The number of benzene rings is 2. The van der Waals surface area contributed by atoms with Crippen molar-refractivity contribution >= 4 is 55.6 Å². The van der Waals surface area contributed by atoms with Crippen LogP contribution in [0.4, 0.5) is 5.13 Å². The highest BCUT2D eigenvalue weighted by Gasteiger charge is 2.13. The number of amides is 1. The second kappa shape index (κ2) is 9.13. The number of nitrogens with one attached hydrogen (secondary N) is 2. The fraction of sp³-hybridized carbons (Fsp3) is 0.105. The third kappa shape index (κ3) is 4.86. The predicted molar refractivity (Wildman–Crippen MR) is 118 cm³/mol. The van der Waals surface area contributed by atoms with E-state index in [2.05, 4.69) is 31.5 Å². The molecule has 9 heteroatoms. The van der Waals surface area contributed by atoms with Crippen LogP contribution in [0, 0.1) is 0 Å². The Balaban J connectivity index is 1.64. The summed E-state index contributed by atoms with van der Waals surface area (Å²) in [6.45, 7) is 0. The van der Waals surface area contributed by atoms with Crippen LogP contribution in [0.2, 0.25) is 0 Å². The minimum atomic E-state index is -0.358. The van der Waals surface area contributed by atoms with E-state index in [0.29, 0.717) is 22.2 Å². The molecule has 6 nitrogen and oxygen atoms in total. The number of thiocarbonyl (C=S) groups is 1. The number of anilines is 1. The predicted octanol–water partition coefficient (Wildman–Crippen LogP) is 4.72. The smallest absolute Gasteiger partial charge is 0.257 e. The van der Waals surface area contributed by atoms with Gasteiger partial charge in [-0.25, -0.2) is 4.98 Å². The van der Waals surface area contributed by atoms with Crippen molar-refractivity contribution in [3.8, 4) is 22.8 Å². The summed E-state index contributed by atoms with van der Waals surface area (Å²) in [4.78, 5) is 16.9. The van der Waals surface area contributed by atoms with Gasteiger partial charge >= 0.3 is 0 Å². The lowest BCUT2D eigenvalue weighted by molar-refractivity contribution is 0.0977. The van der Waals surface area contributed by atoms with Crippen molar-refractivity contribution in [3.63, 3.8) is 0 Å². The van der Waals surface area contributed by atoms with Crippen LogP contribution in [-0.2, 0) is 0 Å². The first-order chi connectivity index (χ1) is 13.5. The van der Waals surface area contributed by atoms with Gasteiger partial charge in [-0.15, -0.1) is 11.3 Å². The second-order valence-corrected chi connectivity index (χ2v) is 7.70. The van der Waals surface area contributed by atoms with Crippen molar-refractivity contribution in [2.75, 3.05) is 19.5 Å². The van der Waals surface area contributed by atoms with Crippen molar-refractivity contribution in [2.45, 2.75) is 0 Å². The zero-order valence-electron chi connectivity index (χ0n) is 15.0. The standard InChI is InChI=1S/C19H16BrN3O3S2/c1-25-15-8-5-12(9-16(15)26-2)17(24)22-18(27)23-19-21-14(10-28-19)11-3-6-13(20)7-4-11/h3-10H,1-2H3,(H2,21,22,23,24,27). The van der Waals surface area contributed by atoms with E-state index >= 15 is 0 Å². The monoisotopic (exact) mass is 477 g/mol. The molecule has 0 saturated carbocycles. The number of ether oxygens (including phenoxy) is 2. The maximum absolute atomic E-state index is 12.4. The third-order valence-corrected chi connectivity index (χ3v) is 5.23. The number of nitrogens with zero attached hydrogens (tertiary/aromatic N) is 1. The number of hydrogen-bond donors (Lipinski definition) is 2. The lowest BCUT2D eigenvalue weighted by Gasteiger charge is -2.10. The van der Waals surface area contributed by atoms with Crippen LogP contribution < -0.4 is 20.1 Å². The molecular formula is C19H16BrN3O3S2. The fourth-order valence-electron chi connectivity index (χ4n) is 2.37. The first-order valence-corrected chi connectivity index (χ1v) is 10.1. The summed E-state index contributed by atoms with van der Waals surface area (Å²) in [6, 6.07) is 12.7. The highest BCUT2D eigenvalue weighted by molar-refractivity contribution is 9.10. The number of carbonyl (C=O) groups is 1. The molecule has 0 aliphatic rings. The Hall–Kier alpha value is -2.49. The molecule has 2 N–H and O–H groups in total. The molecule has 3 rings (SSSR count). The quantitative estimate of drug-likeness (QED) is 0.518. The maximum Gasteiger partial charge on any atom is 0.257 e. The molecule has 1 aromatic heterocycles. The van der Waals surface area contributed by atoms with E-state index in [1.165, 1.54) is 25.6 Å². The van der Waals surface area contributed by atoms with Crippen LogP contribution in [-0.4, -0.2) is 30.2 Å². The van der Waals surface area contributed by atoms with Crippen molar-refractivity contribution < 1.29 is 14.3 Å². The molecule has 0 atom stereocenters. The van der Waals surface area contributed by atoms with Crippen molar-refractivity contribution in [1.29, 1.82) is 0 Å². The summed E-state index contributed by atoms with van der Waals surface area (Å²) in [5.41, 5.74) is 2.22. The Morgan fingerprint density at radius 1 is 1.11 bits per heavy atom. The van der Waals surface area contributed by atoms with E-state index in [1.54, 1.807) is 18.2 Å². The average Bonchev–Trinajstić information content (AvgIpc) is 3.16. The van der Waals surface area contributed by atoms with Gasteiger partial charge in [-0.05, 0) is 42.5 Å². The minimum absolute atomic E-state index is 0.163. The highest BCUT2D eigenvalue weighted by atomic mass is 79.9. The van der Waals surface area contributed by atoms with Crippen molar-refractivity contribution in [3.05, 3.63) is 57.9 Å². The molecule has 0 aliphatic carbocycles. The van der Waals surface area contributed by atoms with E-state index in [-0.39, 0.29) is 11.0 Å². The molecule has 0 fully saturated rings. The topological polar surface area (TPSA) is 72.5 Å². The van der Waals surface area contributed by atoms with Crippen LogP contribution in [0.3, 0.4) is 0 Å². The Morgan fingerprint density at radius 2 is 1.82 bits per heavy atom. The van der Waals surface area contributed by atoms with Crippen LogP contribution in [0.1, 0.15) is 10.4 Å². The van der Waals surface area contributed by atoms with Gasteiger partial charge in [0.05, 0.1) is 19.9 Å². The third-order valence-electron chi connectivity index (χ3n) is 3.74. The van der Waals surface area contributed by atoms with Gasteiger partial charge in [-0.2, -0.15) is 0 Å².